The van der Waals surface area contributed by atoms with Crippen LogP contribution in [0.3, 0.4) is 0 Å². The summed E-state index contributed by atoms with van der Waals surface area (Å²) in [6.45, 7) is 1.89. The van der Waals surface area contributed by atoms with Gasteiger partial charge in [-0.05, 0) is 12.3 Å². The maximum absolute atomic E-state index is 11.3. The highest BCUT2D eigenvalue weighted by Gasteiger charge is 2.40. The van der Waals surface area contributed by atoms with Gasteiger partial charge in [0.15, 0.2) is 0 Å². The molecule has 0 aromatic carbocycles. The molecule has 0 spiro atoms. The Hall–Kier alpha value is -1.59. The molecule has 0 bridgehead atoms. The molecule has 1 rings (SSSR count). The Morgan fingerprint density at radius 3 is 2.27 bits per heavy atom. The number of nitrogens with one attached hydrogen (secondary N) is 1. The Bertz CT molecular complexity index is 301. The first-order chi connectivity index (χ1) is 6.91. The Kier molecular flexibility index (Phi) is 3.28. The second kappa shape index (κ2) is 4.29. The van der Waals surface area contributed by atoms with E-state index in [2.05, 4.69) is 5.32 Å². The van der Waals surface area contributed by atoms with E-state index in [0.717, 1.165) is 6.42 Å². The van der Waals surface area contributed by atoms with E-state index in [9.17, 15) is 14.4 Å². The predicted molar refractivity (Wildman–Crippen MR) is 49.1 cm³/mol. The predicted octanol–water partition coefficient (Wildman–Crippen LogP) is -0.313. The summed E-state index contributed by atoms with van der Waals surface area (Å²) < 4.78 is 0. The van der Waals surface area contributed by atoms with Crippen LogP contribution in [0.4, 0.5) is 0 Å². The third-order valence-electron chi connectivity index (χ3n) is 2.44. The summed E-state index contributed by atoms with van der Waals surface area (Å²) in [6.07, 6.45) is 0.146. The third-order valence-corrected chi connectivity index (χ3v) is 2.44. The van der Waals surface area contributed by atoms with Gasteiger partial charge in [-0.2, -0.15) is 0 Å². The molecule has 0 heterocycles. The van der Waals surface area contributed by atoms with Gasteiger partial charge in [0, 0.05) is 5.92 Å². The molecule has 3 N–H and O–H groups in total. The Labute approximate surface area is 86.3 Å². The maximum atomic E-state index is 11.3. The van der Waals surface area contributed by atoms with Gasteiger partial charge >= 0.3 is 11.9 Å². The number of hydrogen-bond acceptors (Lipinski definition) is 3. The summed E-state index contributed by atoms with van der Waals surface area (Å²) >= 11 is 0. The van der Waals surface area contributed by atoms with Crippen molar-refractivity contribution < 1.29 is 24.6 Å². The minimum atomic E-state index is -1.33. The lowest BCUT2D eigenvalue weighted by Gasteiger charge is -2.11. The zero-order chi connectivity index (χ0) is 11.6. The number of carbonyl (C=O) groups is 3. The van der Waals surface area contributed by atoms with Gasteiger partial charge in [0.05, 0.1) is 6.42 Å². The average molecular weight is 215 g/mol. The van der Waals surface area contributed by atoms with Crippen LogP contribution < -0.4 is 5.32 Å². The van der Waals surface area contributed by atoms with Crippen LogP contribution >= 0.6 is 0 Å². The van der Waals surface area contributed by atoms with Crippen LogP contribution in [0.25, 0.3) is 0 Å². The minimum absolute atomic E-state index is 0.152. The fourth-order valence-electron chi connectivity index (χ4n) is 1.34. The second-order valence-corrected chi connectivity index (χ2v) is 3.82. The van der Waals surface area contributed by atoms with Crippen LogP contribution in [0.15, 0.2) is 0 Å². The zero-order valence-corrected chi connectivity index (χ0v) is 8.27. The maximum Gasteiger partial charge on any atom is 0.326 e. The number of carboxylic acid groups (broad SMARTS) is 2. The minimum Gasteiger partial charge on any atom is -0.481 e. The van der Waals surface area contributed by atoms with E-state index in [1.54, 1.807) is 0 Å². The smallest absolute Gasteiger partial charge is 0.326 e. The third kappa shape index (κ3) is 3.23. The van der Waals surface area contributed by atoms with Crippen molar-refractivity contribution in [3.8, 4) is 0 Å². The van der Waals surface area contributed by atoms with Gasteiger partial charge in [0.1, 0.15) is 6.04 Å². The molecule has 3 unspecified atom stereocenters. The molecule has 1 fully saturated rings. The standard InChI is InChI=1S/C9H13NO5/c1-4-2-5(4)8(13)10-6(9(14)15)3-7(11)12/h4-6H,2-3H2,1H3,(H,10,13)(H,11,12)(H,14,15). The molecule has 84 valence electrons. The van der Waals surface area contributed by atoms with Gasteiger partial charge in [-0.1, -0.05) is 6.92 Å². The van der Waals surface area contributed by atoms with Crippen LogP contribution in [0.1, 0.15) is 19.8 Å². The fourth-order valence-corrected chi connectivity index (χ4v) is 1.34. The molecule has 15 heavy (non-hydrogen) atoms. The van der Waals surface area contributed by atoms with Gasteiger partial charge in [0.2, 0.25) is 5.91 Å². The first-order valence-corrected chi connectivity index (χ1v) is 4.66. The monoisotopic (exact) mass is 215 g/mol. The van der Waals surface area contributed by atoms with Crippen molar-refractivity contribution in [2.24, 2.45) is 11.8 Å². The first-order valence-electron chi connectivity index (χ1n) is 4.66. The topological polar surface area (TPSA) is 104 Å². The molecule has 1 amide bonds. The molecule has 3 atom stereocenters. The van der Waals surface area contributed by atoms with E-state index in [1.807, 2.05) is 6.92 Å². The Morgan fingerprint density at radius 1 is 1.40 bits per heavy atom. The molecular weight excluding hydrogens is 202 g/mol. The summed E-state index contributed by atoms with van der Waals surface area (Å²) in [5.74, 6) is -2.81. The van der Waals surface area contributed by atoms with Crippen molar-refractivity contribution >= 4 is 17.8 Å². The SMILES string of the molecule is CC1CC1C(=O)NC(CC(=O)O)C(=O)O. The molecule has 6 heteroatoms. The van der Waals surface area contributed by atoms with E-state index < -0.39 is 24.4 Å². The lowest BCUT2D eigenvalue weighted by atomic mass is 10.2. The molecule has 1 saturated carbocycles. The molecule has 1 aliphatic carbocycles. The summed E-state index contributed by atoms with van der Waals surface area (Å²) in [6, 6.07) is -1.33. The zero-order valence-electron chi connectivity index (χ0n) is 8.27. The largest absolute Gasteiger partial charge is 0.481 e. The van der Waals surface area contributed by atoms with Crippen molar-refractivity contribution in [1.29, 1.82) is 0 Å². The normalized spacial score (nSPS) is 25.4. The quantitative estimate of drug-likeness (QED) is 0.583. The van der Waals surface area contributed by atoms with Crippen molar-refractivity contribution in [3.05, 3.63) is 0 Å². The molecular formula is C9H13NO5. The van der Waals surface area contributed by atoms with Gasteiger partial charge < -0.3 is 15.5 Å². The molecule has 0 aromatic rings. The van der Waals surface area contributed by atoms with E-state index in [-0.39, 0.29) is 17.7 Å². The van der Waals surface area contributed by atoms with Crippen molar-refractivity contribution in [2.75, 3.05) is 0 Å². The highest BCUT2D eigenvalue weighted by atomic mass is 16.4. The Balaban J connectivity index is 2.47. The molecule has 0 aromatic heterocycles. The van der Waals surface area contributed by atoms with Crippen LogP contribution in [0, 0.1) is 11.8 Å². The molecule has 0 aliphatic heterocycles. The van der Waals surface area contributed by atoms with Crippen LogP contribution in [-0.2, 0) is 14.4 Å². The van der Waals surface area contributed by atoms with Crippen molar-refractivity contribution in [2.45, 2.75) is 25.8 Å². The summed E-state index contributed by atoms with van der Waals surface area (Å²) in [7, 11) is 0. The number of hydrogen-bond donors (Lipinski definition) is 3. The first kappa shape index (κ1) is 11.5. The van der Waals surface area contributed by atoms with Crippen LogP contribution in [0.5, 0.6) is 0 Å². The molecule has 1 aliphatic rings. The van der Waals surface area contributed by atoms with Crippen LogP contribution in [-0.4, -0.2) is 34.1 Å². The fraction of sp³-hybridized carbons (Fsp3) is 0.667. The molecule has 6 nitrogen and oxygen atoms in total. The highest BCUT2D eigenvalue weighted by molar-refractivity contribution is 5.88. The van der Waals surface area contributed by atoms with Crippen LogP contribution in [0.2, 0.25) is 0 Å². The van der Waals surface area contributed by atoms with Gasteiger partial charge in [0.25, 0.3) is 0 Å². The average Bonchev–Trinajstić information content (AvgIpc) is 2.80. The highest BCUT2D eigenvalue weighted by Crippen LogP contribution is 2.37. The van der Waals surface area contributed by atoms with E-state index >= 15 is 0 Å². The lowest BCUT2D eigenvalue weighted by Crippen LogP contribution is -2.43. The van der Waals surface area contributed by atoms with E-state index in [4.69, 9.17) is 10.2 Å². The van der Waals surface area contributed by atoms with Gasteiger partial charge in [-0.3, -0.25) is 9.59 Å². The number of aliphatic carboxylic acids is 2. The van der Waals surface area contributed by atoms with Crippen molar-refractivity contribution in [1.82, 2.24) is 5.32 Å². The second-order valence-electron chi connectivity index (χ2n) is 3.82. The number of amides is 1. The number of carboxylic acids is 2. The summed E-state index contributed by atoms with van der Waals surface area (Å²) in [4.78, 5) is 32.3. The van der Waals surface area contributed by atoms with Gasteiger partial charge in [-0.15, -0.1) is 0 Å². The summed E-state index contributed by atoms with van der Waals surface area (Å²) in [5.41, 5.74) is 0. The van der Waals surface area contributed by atoms with E-state index in [0.29, 0.717) is 0 Å². The van der Waals surface area contributed by atoms with Crippen molar-refractivity contribution in [3.63, 3.8) is 0 Å². The number of rotatable bonds is 5. The lowest BCUT2D eigenvalue weighted by molar-refractivity contribution is -0.147. The van der Waals surface area contributed by atoms with E-state index in [1.165, 1.54) is 0 Å². The summed E-state index contributed by atoms with van der Waals surface area (Å²) in [5, 5.41) is 19.3. The van der Waals surface area contributed by atoms with Gasteiger partial charge in [-0.25, -0.2) is 4.79 Å². The number of carbonyl (C=O) groups excluding carboxylic acids is 1. The molecule has 0 radical (unpaired) electrons. The molecule has 0 saturated heterocycles. The Morgan fingerprint density at radius 2 is 1.93 bits per heavy atom.